The molecule has 3 rings (SSSR count). The molecule has 1 aromatic heterocycles. The maximum atomic E-state index is 6.11. The lowest BCUT2D eigenvalue weighted by Gasteiger charge is -2.06. The molecule has 0 aliphatic carbocycles. The van der Waals surface area contributed by atoms with Crippen LogP contribution in [0.3, 0.4) is 0 Å². The van der Waals surface area contributed by atoms with Crippen LogP contribution in [0.2, 0.25) is 10.2 Å². The van der Waals surface area contributed by atoms with Gasteiger partial charge in [0.1, 0.15) is 5.15 Å². The van der Waals surface area contributed by atoms with Crippen molar-refractivity contribution in [2.45, 2.75) is 0 Å². The SMILES string of the molecule is Clc1cccc(-c2nc(Cl)cc(-c3ccccc3)n2)c1. The Morgan fingerprint density at radius 1 is 0.700 bits per heavy atom. The molecule has 4 heteroatoms. The lowest BCUT2D eigenvalue weighted by molar-refractivity contribution is 1.18. The number of nitrogens with zero attached hydrogens (tertiary/aromatic N) is 2. The van der Waals surface area contributed by atoms with Crippen LogP contribution in [0.1, 0.15) is 0 Å². The Hall–Kier alpha value is -1.90. The first kappa shape index (κ1) is 13.1. The van der Waals surface area contributed by atoms with Crippen molar-refractivity contribution in [3.05, 3.63) is 70.8 Å². The standard InChI is InChI=1S/C16H10Cl2N2/c17-13-8-4-7-12(9-13)16-19-14(10-15(18)20-16)11-5-2-1-3-6-11/h1-10H. The zero-order chi connectivity index (χ0) is 13.9. The predicted molar refractivity (Wildman–Crippen MR) is 82.9 cm³/mol. The van der Waals surface area contributed by atoms with Crippen LogP contribution < -0.4 is 0 Å². The first-order chi connectivity index (χ1) is 9.72. The van der Waals surface area contributed by atoms with E-state index in [2.05, 4.69) is 9.97 Å². The van der Waals surface area contributed by atoms with Crippen LogP contribution in [-0.4, -0.2) is 9.97 Å². The predicted octanol–water partition coefficient (Wildman–Crippen LogP) is 5.12. The van der Waals surface area contributed by atoms with Crippen LogP contribution in [0.4, 0.5) is 0 Å². The molecule has 0 bridgehead atoms. The van der Waals surface area contributed by atoms with Crippen LogP contribution >= 0.6 is 23.2 Å². The minimum absolute atomic E-state index is 0.411. The van der Waals surface area contributed by atoms with Crippen molar-refractivity contribution in [3.8, 4) is 22.6 Å². The van der Waals surface area contributed by atoms with E-state index in [0.29, 0.717) is 16.0 Å². The Morgan fingerprint density at radius 2 is 1.45 bits per heavy atom. The summed E-state index contributed by atoms with van der Waals surface area (Å²) < 4.78 is 0. The topological polar surface area (TPSA) is 25.8 Å². The molecule has 0 radical (unpaired) electrons. The Kier molecular flexibility index (Phi) is 3.68. The third kappa shape index (κ3) is 2.82. The summed E-state index contributed by atoms with van der Waals surface area (Å²) in [5, 5.41) is 1.06. The summed E-state index contributed by atoms with van der Waals surface area (Å²) in [6.45, 7) is 0. The fourth-order valence-electron chi connectivity index (χ4n) is 1.93. The summed E-state index contributed by atoms with van der Waals surface area (Å²) in [7, 11) is 0. The Balaban J connectivity index is 2.12. The van der Waals surface area contributed by atoms with Crippen LogP contribution in [0.15, 0.2) is 60.7 Å². The normalized spacial score (nSPS) is 10.5. The van der Waals surface area contributed by atoms with Gasteiger partial charge in [0.05, 0.1) is 5.69 Å². The molecular formula is C16H10Cl2N2. The maximum absolute atomic E-state index is 6.11. The number of hydrogen-bond acceptors (Lipinski definition) is 2. The lowest BCUT2D eigenvalue weighted by Crippen LogP contribution is -1.93. The van der Waals surface area contributed by atoms with E-state index in [1.54, 1.807) is 6.07 Å². The van der Waals surface area contributed by atoms with Gasteiger partial charge in [-0.1, -0.05) is 65.7 Å². The highest BCUT2D eigenvalue weighted by Crippen LogP contribution is 2.25. The Labute approximate surface area is 127 Å². The van der Waals surface area contributed by atoms with Gasteiger partial charge >= 0.3 is 0 Å². The molecule has 20 heavy (non-hydrogen) atoms. The van der Waals surface area contributed by atoms with Gasteiger partial charge in [0.25, 0.3) is 0 Å². The maximum Gasteiger partial charge on any atom is 0.161 e. The summed E-state index contributed by atoms with van der Waals surface area (Å²) in [5.74, 6) is 0.568. The van der Waals surface area contributed by atoms with E-state index in [0.717, 1.165) is 16.8 Å². The third-order valence-electron chi connectivity index (χ3n) is 2.85. The Bertz CT molecular complexity index is 742. The molecule has 0 N–H and O–H groups in total. The van der Waals surface area contributed by atoms with Gasteiger partial charge in [-0.3, -0.25) is 0 Å². The molecule has 1 heterocycles. The first-order valence-corrected chi connectivity index (χ1v) is 6.84. The Morgan fingerprint density at radius 3 is 2.20 bits per heavy atom. The van der Waals surface area contributed by atoms with E-state index < -0.39 is 0 Å². The average Bonchev–Trinajstić information content (AvgIpc) is 2.47. The smallest absolute Gasteiger partial charge is 0.161 e. The van der Waals surface area contributed by atoms with Crippen LogP contribution in [0.5, 0.6) is 0 Å². The molecule has 3 aromatic rings. The van der Waals surface area contributed by atoms with Gasteiger partial charge in [-0.15, -0.1) is 0 Å². The van der Waals surface area contributed by atoms with Gasteiger partial charge in [0, 0.05) is 22.2 Å². The van der Waals surface area contributed by atoms with Crippen molar-refractivity contribution in [2.75, 3.05) is 0 Å². The van der Waals surface area contributed by atoms with E-state index in [9.17, 15) is 0 Å². The number of rotatable bonds is 2. The fourth-order valence-corrected chi connectivity index (χ4v) is 2.30. The zero-order valence-corrected chi connectivity index (χ0v) is 11.9. The van der Waals surface area contributed by atoms with Crippen LogP contribution in [0, 0.1) is 0 Å². The molecule has 0 unspecified atom stereocenters. The largest absolute Gasteiger partial charge is 0.228 e. The van der Waals surface area contributed by atoms with Crippen LogP contribution in [-0.2, 0) is 0 Å². The molecule has 2 aromatic carbocycles. The summed E-state index contributed by atoms with van der Waals surface area (Å²) in [4.78, 5) is 8.83. The zero-order valence-electron chi connectivity index (χ0n) is 10.4. The van der Waals surface area contributed by atoms with Gasteiger partial charge in [-0.05, 0) is 12.1 Å². The van der Waals surface area contributed by atoms with Crippen molar-refractivity contribution in [1.82, 2.24) is 9.97 Å². The van der Waals surface area contributed by atoms with Crippen molar-refractivity contribution in [3.63, 3.8) is 0 Å². The molecule has 0 saturated heterocycles. The van der Waals surface area contributed by atoms with E-state index in [-0.39, 0.29) is 0 Å². The minimum atomic E-state index is 0.411. The monoisotopic (exact) mass is 300 g/mol. The van der Waals surface area contributed by atoms with E-state index >= 15 is 0 Å². The van der Waals surface area contributed by atoms with Gasteiger partial charge in [-0.25, -0.2) is 9.97 Å². The van der Waals surface area contributed by atoms with Crippen LogP contribution in [0.25, 0.3) is 22.6 Å². The van der Waals surface area contributed by atoms with Gasteiger partial charge < -0.3 is 0 Å². The summed E-state index contributed by atoms with van der Waals surface area (Å²) in [6.07, 6.45) is 0. The van der Waals surface area contributed by atoms with E-state index in [1.165, 1.54) is 0 Å². The number of benzene rings is 2. The molecular weight excluding hydrogens is 291 g/mol. The summed E-state index contributed by atoms with van der Waals surface area (Å²) in [5.41, 5.74) is 2.64. The highest BCUT2D eigenvalue weighted by molar-refractivity contribution is 6.31. The molecule has 0 aliphatic heterocycles. The molecule has 0 amide bonds. The molecule has 0 saturated carbocycles. The number of hydrogen-bond donors (Lipinski definition) is 0. The van der Waals surface area contributed by atoms with Crippen molar-refractivity contribution in [2.24, 2.45) is 0 Å². The van der Waals surface area contributed by atoms with Crippen molar-refractivity contribution >= 4 is 23.2 Å². The second kappa shape index (κ2) is 5.61. The molecule has 2 nitrogen and oxygen atoms in total. The quantitative estimate of drug-likeness (QED) is 0.614. The lowest BCUT2D eigenvalue weighted by atomic mass is 10.1. The second-order valence-corrected chi connectivity index (χ2v) is 5.10. The molecule has 0 spiro atoms. The van der Waals surface area contributed by atoms with Gasteiger partial charge in [-0.2, -0.15) is 0 Å². The molecule has 0 fully saturated rings. The van der Waals surface area contributed by atoms with Crippen molar-refractivity contribution < 1.29 is 0 Å². The summed E-state index contributed by atoms with van der Waals surface area (Å²) in [6, 6.07) is 19.0. The second-order valence-electron chi connectivity index (χ2n) is 4.28. The van der Waals surface area contributed by atoms with E-state index in [1.807, 2.05) is 54.6 Å². The van der Waals surface area contributed by atoms with Gasteiger partial charge in [0.15, 0.2) is 5.82 Å². The van der Waals surface area contributed by atoms with Crippen molar-refractivity contribution in [1.29, 1.82) is 0 Å². The third-order valence-corrected chi connectivity index (χ3v) is 3.28. The molecule has 0 atom stereocenters. The number of halogens is 2. The highest BCUT2D eigenvalue weighted by atomic mass is 35.5. The molecule has 0 aliphatic rings. The highest BCUT2D eigenvalue weighted by Gasteiger charge is 2.07. The first-order valence-electron chi connectivity index (χ1n) is 6.08. The average molecular weight is 301 g/mol. The minimum Gasteiger partial charge on any atom is -0.228 e. The number of aromatic nitrogens is 2. The summed E-state index contributed by atoms with van der Waals surface area (Å²) >= 11 is 12.1. The fraction of sp³-hybridized carbons (Fsp3) is 0. The van der Waals surface area contributed by atoms with Gasteiger partial charge in [0.2, 0.25) is 0 Å². The van der Waals surface area contributed by atoms with E-state index in [4.69, 9.17) is 23.2 Å². The molecule has 98 valence electrons.